The third-order valence-electron chi connectivity index (χ3n) is 2.74. The third-order valence-corrected chi connectivity index (χ3v) is 3.14. The van der Waals surface area contributed by atoms with Crippen molar-refractivity contribution in [3.05, 3.63) is 16.5 Å². The molecule has 0 atom stereocenters. The summed E-state index contributed by atoms with van der Waals surface area (Å²) in [4.78, 5) is 8.93. The zero-order chi connectivity index (χ0) is 12.1. The molecule has 1 heterocycles. The van der Waals surface area contributed by atoms with Crippen LogP contribution in [0.5, 0.6) is 0 Å². The summed E-state index contributed by atoms with van der Waals surface area (Å²) in [5.74, 6) is 2.48. The van der Waals surface area contributed by atoms with E-state index in [4.69, 9.17) is 4.74 Å². The maximum absolute atomic E-state index is 5.01. The first-order valence-corrected chi connectivity index (χ1v) is 6.86. The molecule has 1 aromatic rings. The third kappa shape index (κ3) is 4.24. The van der Waals surface area contributed by atoms with Gasteiger partial charge >= 0.3 is 0 Å². The van der Waals surface area contributed by atoms with Gasteiger partial charge < -0.3 is 10.1 Å². The van der Waals surface area contributed by atoms with Crippen LogP contribution in [0.3, 0.4) is 0 Å². The molecule has 17 heavy (non-hydrogen) atoms. The van der Waals surface area contributed by atoms with Crippen molar-refractivity contribution in [3.8, 4) is 0 Å². The Balaban J connectivity index is 1.82. The standard InChI is InChI=1S/C12H18BrN3O/c1-17-7-3-2-6-14-11-8-10(13)15-12(16-11)9-4-5-9/h8-9H,2-7H2,1H3,(H,14,15,16). The lowest BCUT2D eigenvalue weighted by Gasteiger charge is -2.07. The topological polar surface area (TPSA) is 47.0 Å². The summed E-state index contributed by atoms with van der Waals surface area (Å²) in [6, 6.07) is 1.93. The van der Waals surface area contributed by atoms with E-state index in [-0.39, 0.29) is 0 Å². The van der Waals surface area contributed by atoms with E-state index in [1.165, 1.54) is 12.8 Å². The zero-order valence-electron chi connectivity index (χ0n) is 10.1. The predicted molar refractivity (Wildman–Crippen MR) is 71.3 cm³/mol. The molecule has 4 nitrogen and oxygen atoms in total. The number of ether oxygens (including phenoxy) is 1. The Labute approximate surface area is 110 Å². The van der Waals surface area contributed by atoms with Crippen molar-refractivity contribution in [1.82, 2.24) is 9.97 Å². The fraction of sp³-hybridized carbons (Fsp3) is 0.667. The largest absolute Gasteiger partial charge is 0.385 e. The highest BCUT2D eigenvalue weighted by Gasteiger charge is 2.27. The Morgan fingerprint density at radius 2 is 2.24 bits per heavy atom. The van der Waals surface area contributed by atoms with Crippen LogP contribution >= 0.6 is 15.9 Å². The highest BCUT2D eigenvalue weighted by atomic mass is 79.9. The molecule has 1 saturated carbocycles. The minimum absolute atomic E-state index is 0.585. The Bertz CT molecular complexity index is 369. The predicted octanol–water partition coefficient (Wildman–Crippen LogP) is 2.96. The molecule has 0 spiro atoms. The molecule has 0 amide bonds. The molecule has 1 aliphatic carbocycles. The van der Waals surface area contributed by atoms with E-state index in [0.29, 0.717) is 5.92 Å². The van der Waals surface area contributed by atoms with E-state index in [1.807, 2.05) is 6.07 Å². The van der Waals surface area contributed by atoms with Crippen LogP contribution in [0, 0.1) is 0 Å². The Kier molecular flexibility index (Phi) is 4.74. The van der Waals surface area contributed by atoms with E-state index >= 15 is 0 Å². The van der Waals surface area contributed by atoms with Crippen molar-refractivity contribution in [2.24, 2.45) is 0 Å². The molecule has 1 aromatic heterocycles. The van der Waals surface area contributed by atoms with Gasteiger partial charge in [-0.3, -0.25) is 0 Å². The second-order valence-corrected chi connectivity index (χ2v) is 5.15. The van der Waals surface area contributed by atoms with Gasteiger partial charge in [0.2, 0.25) is 0 Å². The number of methoxy groups -OCH3 is 1. The molecule has 2 rings (SSSR count). The molecular weight excluding hydrogens is 282 g/mol. The summed E-state index contributed by atoms with van der Waals surface area (Å²) in [6.07, 6.45) is 4.62. The molecule has 0 bridgehead atoms. The van der Waals surface area contributed by atoms with Gasteiger partial charge in [-0.15, -0.1) is 0 Å². The lowest BCUT2D eigenvalue weighted by atomic mass is 10.3. The molecular formula is C12H18BrN3O. The zero-order valence-corrected chi connectivity index (χ0v) is 11.7. The second-order valence-electron chi connectivity index (χ2n) is 4.34. The number of nitrogens with zero attached hydrogens (tertiary/aromatic N) is 2. The molecule has 94 valence electrons. The van der Waals surface area contributed by atoms with Gasteiger partial charge in [-0.2, -0.15) is 0 Å². The number of aromatic nitrogens is 2. The summed E-state index contributed by atoms with van der Waals surface area (Å²) < 4.78 is 5.88. The molecule has 0 aromatic carbocycles. The molecule has 1 N–H and O–H groups in total. The van der Waals surface area contributed by atoms with Gasteiger partial charge in [0.1, 0.15) is 16.2 Å². The van der Waals surface area contributed by atoms with Gasteiger partial charge in [-0.1, -0.05) is 0 Å². The quantitative estimate of drug-likeness (QED) is 0.621. The van der Waals surface area contributed by atoms with Gasteiger partial charge in [0.25, 0.3) is 0 Å². The van der Waals surface area contributed by atoms with E-state index in [1.54, 1.807) is 7.11 Å². The van der Waals surface area contributed by atoms with Gasteiger partial charge in [0.15, 0.2) is 0 Å². The number of nitrogens with one attached hydrogen (secondary N) is 1. The van der Waals surface area contributed by atoms with Crippen molar-refractivity contribution in [2.45, 2.75) is 31.6 Å². The summed E-state index contributed by atoms with van der Waals surface area (Å²) >= 11 is 3.43. The first-order chi connectivity index (χ1) is 8.29. The lowest BCUT2D eigenvalue weighted by Crippen LogP contribution is -2.06. The fourth-order valence-electron chi connectivity index (χ4n) is 1.64. The number of unbranched alkanes of at least 4 members (excludes halogenated alkanes) is 1. The summed E-state index contributed by atoms with van der Waals surface area (Å²) in [5.41, 5.74) is 0. The molecule has 0 saturated heterocycles. The highest BCUT2D eigenvalue weighted by molar-refractivity contribution is 9.10. The summed E-state index contributed by atoms with van der Waals surface area (Å²) in [7, 11) is 1.73. The average molecular weight is 300 g/mol. The summed E-state index contributed by atoms with van der Waals surface area (Å²) in [6.45, 7) is 1.75. The molecule has 0 radical (unpaired) electrons. The van der Waals surface area contributed by atoms with Gasteiger partial charge in [-0.05, 0) is 41.6 Å². The maximum atomic E-state index is 5.01. The number of halogens is 1. The first-order valence-electron chi connectivity index (χ1n) is 6.07. The van der Waals surface area contributed by atoms with Crippen LogP contribution in [-0.4, -0.2) is 30.2 Å². The first kappa shape index (κ1) is 12.8. The smallest absolute Gasteiger partial charge is 0.135 e. The van der Waals surface area contributed by atoms with Crippen LogP contribution in [-0.2, 0) is 4.74 Å². The Morgan fingerprint density at radius 1 is 1.41 bits per heavy atom. The van der Waals surface area contributed by atoms with Gasteiger partial charge in [0.05, 0.1) is 0 Å². The normalized spacial score (nSPS) is 14.9. The van der Waals surface area contributed by atoms with Crippen LogP contribution in [0.2, 0.25) is 0 Å². The summed E-state index contributed by atoms with van der Waals surface area (Å²) in [5, 5.41) is 3.33. The molecule has 1 fully saturated rings. The molecule has 5 heteroatoms. The van der Waals surface area contributed by atoms with E-state index < -0.39 is 0 Å². The van der Waals surface area contributed by atoms with E-state index in [2.05, 4.69) is 31.2 Å². The van der Waals surface area contributed by atoms with Gasteiger partial charge in [-0.25, -0.2) is 9.97 Å². The minimum Gasteiger partial charge on any atom is -0.385 e. The van der Waals surface area contributed by atoms with Crippen molar-refractivity contribution in [3.63, 3.8) is 0 Å². The number of rotatable bonds is 7. The van der Waals surface area contributed by atoms with Crippen molar-refractivity contribution in [2.75, 3.05) is 25.6 Å². The van der Waals surface area contributed by atoms with E-state index in [9.17, 15) is 0 Å². The number of hydrogen-bond donors (Lipinski definition) is 1. The monoisotopic (exact) mass is 299 g/mol. The van der Waals surface area contributed by atoms with Crippen LogP contribution in [0.25, 0.3) is 0 Å². The maximum Gasteiger partial charge on any atom is 0.135 e. The molecule has 0 aliphatic heterocycles. The fourth-order valence-corrected chi connectivity index (χ4v) is 2.04. The van der Waals surface area contributed by atoms with Crippen LogP contribution in [0.4, 0.5) is 5.82 Å². The minimum atomic E-state index is 0.585. The highest BCUT2D eigenvalue weighted by Crippen LogP contribution is 2.38. The van der Waals surface area contributed by atoms with Crippen molar-refractivity contribution >= 4 is 21.7 Å². The Hall–Kier alpha value is -0.680. The molecule has 0 unspecified atom stereocenters. The Morgan fingerprint density at radius 3 is 2.94 bits per heavy atom. The average Bonchev–Trinajstić information content (AvgIpc) is 3.12. The van der Waals surface area contributed by atoms with Crippen LogP contribution in [0.1, 0.15) is 37.4 Å². The lowest BCUT2D eigenvalue weighted by molar-refractivity contribution is 0.194. The SMILES string of the molecule is COCCCCNc1cc(Br)nc(C2CC2)n1. The van der Waals surface area contributed by atoms with E-state index in [0.717, 1.165) is 42.2 Å². The van der Waals surface area contributed by atoms with Crippen LogP contribution < -0.4 is 5.32 Å². The second kappa shape index (κ2) is 6.31. The van der Waals surface area contributed by atoms with Crippen molar-refractivity contribution < 1.29 is 4.74 Å². The van der Waals surface area contributed by atoms with Crippen LogP contribution in [0.15, 0.2) is 10.7 Å². The molecule has 1 aliphatic rings. The van der Waals surface area contributed by atoms with Crippen molar-refractivity contribution in [1.29, 1.82) is 0 Å². The van der Waals surface area contributed by atoms with Gasteiger partial charge in [0, 0.05) is 32.2 Å². The number of hydrogen-bond acceptors (Lipinski definition) is 4. The number of anilines is 1.